The molecule has 2 nitrogen and oxygen atoms in total. The summed E-state index contributed by atoms with van der Waals surface area (Å²) in [4.78, 5) is 0. The Hall–Kier alpha value is -0.0800. The van der Waals surface area contributed by atoms with Crippen molar-refractivity contribution < 1.29 is 4.74 Å². The van der Waals surface area contributed by atoms with Crippen molar-refractivity contribution in [2.75, 3.05) is 6.61 Å². The molecular formula is C13H23NO. The highest BCUT2D eigenvalue weighted by molar-refractivity contribution is 4.97. The van der Waals surface area contributed by atoms with E-state index in [1.807, 2.05) is 0 Å². The maximum Gasteiger partial charge on any atom is 0.0604 e. The van der Waals surface area contributed by atoms with Gasteiger partial charge in [-0.3, -0.25) is 0 Å². The lowest BCUT2D eigenvalue weighted by molar-refractivity contribution is -0.0139. The van der Waals surface area contributed by atoms with Crippen molar-refractivity contribution in [2.24, 2.45) is 11.8 Å². The summed E-state index contributed by atoms with van der Waals surface area (Å²) in [6, 6.07) is 1.63. The molecule has 3 atom stereocenters. The lowest BCUT2D eigenvalue weighted by Gasteiger charge is -2.39. The van der Waals surface area contributed by atoms with Crippen molar-refractivity contribution in [3.8, 4) is 0 Å². The molecule has 0 saturated heterocycles. The van der Waals surface area contributed by atoms with Crippen molar-refractivity contribution in [1.29, 1.82) is 0 Å². The molecule has 0 amide bonds. The molecule has 3 aliphatic carbocycles. The molecule has 15 heavy (non-hydrogen) atoms. The molecule has 3 rings (SSSR count). The molecule has 2 bridgehead atoms. The molecule has 3 unspecified atom stereocenters. The highest BCUT2D eigenvalue weighted by atomic mass is 16.5. The predicted molar refractivity (Wildman–Crippen MR) is 60.8 cm³/mol. The fourth-order valence-electron chi connectivity index (χ4n) is 3.83. The minimum absolute atomic E-state index is 0.561. The van der Waals surface area contributed by atoms with Gasteiger partial charge in [0.25, 0.3) is 0 Å². The number of ether oxygens (including phenoxy) is 1. The standard InChI is InChI=1S/C13H23NO/c1-2-15-12-7-11(8-12)14-13-6-9-3-4-10(13)5-9/h9-14H,2-8H2,1H3. The topological polar surface area (TPSA) is 21.3 Å². The van der Waals surface area contributed by atoms with Crippen molar-refractivity contribution in [1.82, 2.24) is 5.32 Å². The third-order valence-corrected chi connectivity index (χ3v) is 4.69. The molecule has 3 saturated carbocycles. The van der Waals surface area contributed by atoms with Crippen molar-refractivity contribution in [3.05, 3.63) is 0 Å². The molecule has 0 aliphatic heterocycles. The average Bonchev–Trinajstić information content (AvgIpc) is 2.75. The summed E-state index contributed by atoms with van der Waals surface area (Å²) >= 11 is 0. The SMILES string of the molecule is CCOC1CC(NC2CC3CCC2C3)C1. The molecule has 3 fully saturated rings. The molecule has 0 aromatic rings. The Bertz CT molecular complexity index is 225. The summed E-state index contributed by atoms with van der Waals surface area (Å²) in [6.07, 6.45) is 9.04. The maximum atomic E-state index is 5.59. The first-order chi connectivity index (χ1) is 7.35. The van der Waals surface area contributed by atoms with Crippen LogP contribution in [0.1, 0.15) is 45.4 Å². The van der Waals surface area contributed by atoms with Gasteiger partial charge in [0, 0.05) is 18.7 Å². The number of fused-ring (bicyclic) bond motifs is 2. The van der Waals surface area contributed by atoms with Crippen LogP contribution in [0.15, 0.2) is 0 Å². The van der Waals surface area contributed by atoms with E-state index in [0.717, 1.165) is 30.5 Å². The highest BCUT2D eigenvalue weighted by Gasteiger charge is 2.41. The van der Waals surface area contributed by atoms with E-state index in [0.29, 0.717) is 6.10 Å². The summed E-state index contributed by atoms with van der Waals surface area (Å²) < 4.78 is 5.59. The molecule has 0 spiro atoms. The zero-order valence-corrected chi connectivity index (χ0v) is 9.74. The molecule has 1 N–H and O–H groups in total. The van der Waals surface area contributed by atoms with Crippen LogP contribution < -0.4 is 5.32 Å². The third-order valence-electron chi connectivity index (χ3n) is 4.69. The minimum Gasteiger partial charge on any atom is -0.378 e. The first-order valence-corrected chi connectivity index (χ1v) is 6.72. The zero-order valence-electron chi connectivity index (χ0n) is 9.74. The molecule has 0 aromatic carbocycles. The van der Waals surface area contributed by atoms with Gasteiger partial charge in [0.15, 0.2) is 0 Å². The summed E-state index contributed by atoms with van der Waals surface area (Å²) in [5, 5.41) is 3.86. The molecule has 0 aromatic heterocycles. The second-order valence-corrected chi connectivity index (χ2v) is 5.69. The Morgan fingerprint density at radius 2 is 2.00 bits per heavy atom. The lowest BCUT2D eigenvalue weighted by atomic mass is 9.86. The summed E-state index contributed by atoms with van der Waals surface area (Å²) in [7, 11) is 0. The van der Waals surface area contributed by atoms with Gasteiger partial charge < -0.3 is 10.1 Å². The Balaban J connectivity index is 1.41. The van der Waals surface area contributed by atoms with Crippen LogP contribution in [0.5, 0.6) is 0 Å². The Morgan fingerprint density at radius 3 is 2.60 bits per heavy atom. The first kappa shape index (κ1) is 10.1. The fourth-order valence-corrected chi connectivity index (χ4v) is 3.83. The molecular weight excluding hydrogens is 186 g/mol. The van der Waals surface area contributed by atoms with Gasteiger partial charge in [-0.1, -0.05) is 6.42 Å². The van der Waals surface area contributed by atoms with E-state index in [2.05, 4.69) is 12.2 Å². The minimum atomic E-state index is 0.561. The van der Waals surface area contributed by atoms with Gasteiger partial charge in [0.05, 0.1) is 6.10 Å². The molecule has 86 valence electrons. The molecule has 0 heterocycles. The normalized spacial score (nSPS) is 48.2. The summed E-state index contributed by atoms with van der Waals surface area (Å²) in [6.45, 7) is 2.97. The van der Waals surface area contributed by atoms with E-state index in [4.69, 9.17) is 4.74 Å². The second-order valence-electron chi connectivity index (χ2n) is 5.69. The van der Waals surface area contributed by atoms with Gasteiger partial charge in [-0.15, -0.1) is 0 Å². The van der Waals surface area contributed by atoms with Crippen LogP contribution in [0.2, 0.25) is 0 Å². The molecule has 0 radical (unpaired) electrons. The number of hydrogen-bond acceptors (Lipinski definition) is 2. The highest BCUT2D eigenvalue weighted by Crippen LogP contribution is 2.45. The van der Waals surface area contributed by atoms with Crippen LogP contribution in [-0.2, 0) is 4.74 Å². The number of rotatable bonds is 4. The van der Waals surface area contributed by atoms with E-state index in [1.165, 1.54) is 38.5 Å². The van der Waals surface area contributed by atoms with Crippen LogP contribution in [0.25, 0.3) is 0 Å². The van der Waals surface area contributed by atoms with E-state index in [9.17, 15) is 0 Å². The van der Waals surface area contributed by atoms with E-state index >= 15 is 0 Å². The predicted octanol–water partition coefficient (Wildman–Crippen LogP) is 2.33. The Morgan fingerprint density at radius 1 is 1.13 bits per heavy atom. The third kappa shape index (κ3) is 1.94. The zero-order chi connectivity index (χ0) is 10.3. The van der Waals surface area contributed by atoms with Gasteiger partial charge in [-0.05, 0) is 50.9 Å². The monoisotopic (exact) mass is 209 g/mol. The average molecular weight is 209 g/mol. The van der Waals surface area contributed by atoms with Crippen molar-refractivity contribution in [3.63, 3.8) is 0 Å². The smallest absolute Gasteiger partial charge is 0.0604 e. The second kappa shape index (κ2) is 4.06. The van der Waals surface area contributed by atoms with Crippen molar-refractivity contribution >= 4 is 0 Å². The molecule has 3 aliphatic rings. The molecule has 2 heteroatoms. The van der Waals surface area contributed by atoms with Crippen LogP contribution in [0, 0.1) is 11.8 Å². The van der Waals surface area contributed by atoms with Gasteiger partial charge in [0.1, 0.15) is 0 Å². The number of hydrogen-bond donors (Lipinski definition) is 1. The Kier molecular flexibility index (Phi) is 2.73. The van der Waals surface area contributed by atoms with Crippen molar-refractivity contribution in [2.45, 2.75) is 63.6 Å². The van der Waals surface area contributed by atoms with E-state index < -0.39 is 0 Å². The van der Waals surface area contributed by atoms with E-state index in [1.54, 1.807) is 0 Å². The van der Waals surface area contributed by atoms with Crippen LogP contribution in [0.3, 0.4) is 0 Å². The van der Waals surface area contributed by atoms with Crippen LogP contribution in [0.4, 0.5) is 0 Å². The van der Waals surface area contributed by atoms with E-state index in [-0.39, 0.29) is 0 Å². The maximum absolute atomic E-state index is 5.59. The largest absolute Gasteiger partial charge is 0.378 e. The fraction of sp³-hybridized carbons (Fsp3) is 1.00. The van der Waals surface area contributed by atoms with Gasteiger partial charge >= 0.3 is 0 Å². The summed E-state index contributed by atoms with van der Waals surface area (Å²) in [5.41, 5.74) is 0. The Labute approximate surface area is 92.8 Å². The quantitative estimate of drug-likeness (QED) is 0.767. The van der Waals surface area contributed by atoms with Crippen LogP contribution >= 0.6 is 0 Å². The summed E-state index contributed by atoms with van der Waals surface area (Å²) in [5.74, 6) is 2.08. The van der Waals surface area contributed by atoms with Crippen LogP contribution in [-0.4, -0.2) is 24.8 Å². The lowest BCUT2D eigenvalue weighted by Crippen LogP contribution is -2.50. The number of nitrogens with one attached hydrogen (secondary N) is 1. The van der Waals surface area contributed by atoms with Gasteiger partial charge in [-0.2, -0.15) is 0 Å². The first-order valence-electron chi connectivity index (χ1n) is 6.72. The van der Waals surface area contributed by atoms with Gasteiger partial charge in [-0.25, -0.2) is 0 Å². The van der Waals surface area contributed by atoms with Gasteiger partial charge in [0.2, 0.25) is 0 Å².